The molecule has 0 radical (unpaired) electrons. The molecule has 1 aromatic carbocycles. The number of anilines is 2. The molecule has 0 unspecified atom stereocenters. The van der Waals surface area contributed by atoms with Gasteiger partial charge in [-0.15, -0.1) is 0 Å². The third-order valence-electron chi connectivity index (χ3n) is 5.12. The van der Waals surface area contributed by atoms with Crippen molar-refractivity contribution in [2.75, 3.05) is 24.1 Å². The number of carbonyl (C=O) groups excluding carboxylic acids is 1. The van der Waals surface area contributed by atoms with Gasteiger partial charge in [0, 0.05) is 38.1 Å². The first-order chi connectivity index (χ1) is 14.5. The molecule has 4 rings (SSSR count). The SMILES string of the molecule is Nc1nc(NC2CCN(Cc3ccncc3)CC2)sc1C(=O)c1c(F)cccc1F. The Hall–Kier alpha value is -2.91. The molecule has 3 N–H and O–H groups in total. The smallest absolute Gasteiger partial charge is 0.212 e. The summed E-state index contributed by atoms with van der Waals surface area (Å²) in [5.74, 6) is -2.64. The fourth-order valence-electron chi connectivity index (χ4n) is 3.54. The van der Waals surface area contributed by atoms with Crippen LogP contribution in [0.5, 0.6) is 0 Å². The van der Waals surface area contributed by atoms with E-state index in [4.69, 9.17) is 5.73 Å². The summed E-state index contributed by atoms with van der Waals surface area (Å²) in [7, 11) is 0. The third kappa shape index (κ3) is 4.47. The molecular weight excluding hydrogens is 408 g/mol. The lowest BCUT2D eigenvalue weighted by Crippen LogP contribution is -2.38. The highest BCUT2D eigenvalue weighted by atomic mass is 32.1. The van der Waals surface area contributed by atoms with Crippen LogP contribution in [0.4, 0.5) is 19.7 Å². The number of nitrogens with zero attached hydrogens (tertiary/aromatic N) is 3. The van der Waals surface area contributed by atoms with Crippen molar-refractivity contribution in [1.29, 1.82) is 0 Å². The quantitative estimate of drug-likeness (QED) is 0.581. The van der Waals surface area contributed by atoms with E-state index in [0.717, 1.165) is 55.9 Å². The van der Waals surface area contributed by atoms with Gasteiger partial charge in [-0.05, 0) is 42.7 Å². The summed E-state index contributed by atoms with van der Waals surface area (Å²) < 4.78 is 27.9. The van der Waals surface area contributed by atoms with Gasteiger partial charge in [-0.2, -0.15) is 0 Å². The van der Waals surface area contributed by atoms with Gasteiger partial charge in [0.25, 0.3) is 0 Å². The molecule has 0 bridgehead atoms. The first-order valence-corrected chi connectivity index (χ1v) is 10.5. The standard InChI is InChI=1S/C21H21F2N5OS/c22-15-2-1-3-16(23)17(15)18(29)19-20(24)27-21(30-19)26-14-6-10-28(11-7-14)12-13-4-8-25-9-5-13/h1-5,8-9,14H,6-7,10-12,24H2,(H,26,27). The van der Waals surface area contributed by atoms with Crippen LogP contribution in [0.1, 0.15) is 33.6 Å². The minimum absolute atomic E-state index is 0.0229. The molecule has 3 aromatic rings. The lowest BCUT2D eigenvalue weighted by atomic mass is 10.0. The average molecular weight is 429 g/mol. The number of hydrogen-bond donors (Lipinski definition) is 2. The summed E-state index contributed by atoms with van der Waals surface area (Å²) in [6.07, 6.45) is 5.41. The molecule has 0 atom stereocenters. The first kappa shape index (κ1) is 20.4. The van der Waals surface area contributed by atoms with Gasteiger partial charge in [-0.3, -0.25) is 14.7 Å². The van der Waals surface area contributed by atoms with Crippen molar-refractivity contribution in [3.05, 3.63) is 70.4 Å². The summed E-state index contributed by atoms with van der Waals surface area (Å²) in [5, 5.41) is 3.80. The number of piperidine rings is 1. The molecule has 1 saturated heterocycles. The molecule has 156 valence electrons. The predicted octanol–water partition coefficient (Wildman–Crippen LogP) is 3.71. The van der Waals surface area contributed by atoms with Crippen molar-refractivity contribution < 1.29 is 13.6 Å². The van der Waals surface area contributed by atoms with Crippen LogP contribution < -0.4 is 11.1 Å². The molecule has 0 aliphatic carbocycles. The lowest BCUT2D eigenvalue weighted by Gasteiger charge is -2.32. The zero-order valence-corrected chi connectivity index (χ0v) is 17.0. The van der Waals surface area contributed by atoms with E-state index in [1.807, 2.05) is 12.1 Å². The fourth-order valence-corrected chi connectivity index (χ4v) is 4.45. The van der Waals surface area contributed by atoms with Crippen molar-refractivity contribution in [3.63, 3.8) is 0 Å². The number of aromatic nitrogens is 2. The lowest BCUT2D eigenvalue weighted by molar-refractivity contribution is 0.103. The number of thiazole rings is 1. The van der Waals surface area contributed by atoms with Crippen LogP contribution in [0.15, 0.2) is 42.7 Å². The number of hydrogen-bond acceptors (Lipinski definition) is 7. The van der Waals surface area contributed by atoms with Crippen LogP contribution in [0.3, 0.4) is 0 Å². The zero-order chi connectivity index (χ0) is 21.1. The van der Waals surface area contributed by atoms with E-state index in [-0.39, 0.29) is 16.7 Å². The number of carbonyl (C=O) groups is 1. The second-order valence-corrected chi connectivity index (χ2v) is 8.21. The van der Waals surface area contributed by atoms with Gasteiger partial charge in [0.2, 0.25) is 5.78 Å². The van der Waals surface area contributed by atoms with Gasteiger partial charge in [0.05, 0.1) is 5.56 Å². The number of nitrogens with one attached hydrogen (secondary N) is 1. The molecule has 6 nitrogen and oxygen atoms in total. The van der Waals surface area contributed by atoms with Crippen molar-refractivity contribution in [3.8, 4) is 0 Å². The Morgan fingerprint density at radius 1 is 1.17 bits per heavy atom. The number of pyridine rings is 1. The Balaban J connectivity index is 1.38. The molecule has 0 amide bonds. The maximum absolute atomic E-state index is 13.9. The summed E-state index contributed by atoms with van der Waals surface area (Å²) in [6.45, 7) is 2.73. The number of ketones is 1. The molecule has 1 fully saturated rings. The van der Waals surface area contributed by atoms with Crippen LogP contribution in [-0.2, 0) is 6.54 Å². The minimum Gasteiger partial charge on any atom is -0.382 e. The maximum atomic E-state index is 13.9. The molecule has 1 aliphatic heterocycles. The van der Waals surface area contributed by atoms with E-state index in [1.165, 1.54) is 11.6 Å². The van der Waals surface area contributed by atoms with Crippen LogP contribution in [0, 0.1) is 11.6 Å². The highest BCUT2D eigenvalue weighted by Gasteiger charge is 2.25. The zero-order valence-electron chi connectivity index (χ0n) is 16.1. The Bertz CT molecular complexity index is 1010. The van der Waals surface area contributed by atoms with Crippen LogP contribution in [0.2, 0.25) is 0 Å². The average Bonchev–Trinajstić information content (AvgIpc) is 3.10. The Morgan fingerprint density at radius 3 is 2.50 bits per heavy atom. The van der Waals surface area contributed by atoms with Crippen molar-refractivity contribution in [1.82, 2.24) is 14.9 Å². The van der Waals surface area contributed by atoms with Crippen molar-refractivity contribution in [2.24, 2.45) is 0 Å². The van der Waals surface area contributed by atoms with Crippen LogP contribution in [-0.4, -0.2) is 39.8 Å². The third-order valence-corrected chi connectivity index (χ3v) is 6.12. The van der Waals surface area contributed by atoms with E-state index in [9.17, 15) is 13.6 Å². The second-order valence-electron chi connectivity index (χ2n) is 7.21. The largest absolute Gasteiger partial charge is 0.382 e. The van der Waals surface area contributed by atoms with E-state index >= 15 is 0 Å². The Morgan fingerprint density at radius 2 is 1.83 bits per heavy atom. The number of halogens is 2. The topological polar surface area (TPSA) is 84.1 Å². The molecule has 0 spiro atoms. The fraction of sp³-hybridized carbons (Fsp3) is 0.286. The van der Waals surface area contributed by atoms with Gasteiger partial charge in [-0.1, -0.05) is 17.4 Å². The van der Waals surface area contributed by atoms with E-state index in [1.54, 1.807) is 12.4 Å². The number of benzene rings is 1. The first-order valence-electron chi connectivity index (χ1n) is 9.64. The number of likely N-dealkylation sites (tertiary alicyclic amines) is 1. The van der Waals surface area contributed by atoms with Crippen molar-refractivity contribution in [2.45, 2.75) is 25.4 Å². The molecule has 3 heterocycles. The normalized spacial score (nSPS) is 15.3. The summed E-state index contributed by atoms with van der Waals surface area (Å²) >= 11 is 1.03. The highest BCUT2D eigenvalue weighted by molar-refractivity contribution is 7.18. The number of rotatable bonds is 6. The number of nitrogens with two attached hydrogens (primary N) is 1. The summed E-state index contributed by atoms with van der Waals surface area (Å²) in [5.41, 5.74) is 6.49. The Kier molecular flexibility index (Phi) is 6.01. The molecular formula is C21H21F2N5OS. The molecule has 9 heteroatoms. The van der Waals surface area contributed by atoms with Crippen LogP contribution in [0.25, 0.3) is 0 Å². The van der Waals surface area contributed by atoms with Gasteiger partial charge in [-0.25, -0.2) is 13.8 Å². The predicted molar refractivity (Wildman–Crippen MR) is 112 cm³/mol. The monoisotopic (exact) mass is 429 g/mol. The van der Waals surface area contributed by atoms with Crippen molar-refractivity contribution >= 4 is 28.1 Å². The molecule has 1 aliphatic rings. The maximum Gasteiger partial charge on any atom is 0.212 e. The summed E-state index contributed by atoms with van der Waals surface area (Å²) in [6, 6.07) is 7.53. The summed E-state index contributed by atoms with van der Waals surface area (Å²) in [4.78, 5) is 23.2. The van der Waals surface area contributed by atoms with E-state index < -0.39 is 23.0 Å². The number of nitrogen functional groups attached to an aromatic ring is 1. The Labute approximate surface area is 176 Å². The minimum atomic E-state index is -0.913. The second kappa shape index (κ2) is 8.85. The van der Waals surface area contributed by atoms with E-state index in [0.29, 0.717) is 5.13 Å². The molecule has 0 saturated carbocycles. The van der Waals surface area contributed by atoms with Gasteiger partial charge < -0.3 is 11.1 Å². The molecule has 30 heavy (non-hydrogen) atoms. The van der Waals surface area contributed by atoms with Gasteiger partial charge in [0.1, 0.15) is 22.3 Å². The van der Waals surface area contributed by atoms with E-state index in [2.05, 4.69) is 20.2 Å². The van der Waals surface area contributed by atoms with Crippen LogP contribution >= 0.6 is 11.3 Å². The van der Waals surface area contributed by atoms with Gasteiger partial charge >= 0.3 is 0 Å². The van der Waals surface area contributed by atoms with Gasteiger partial charge in [0.15, 0.2) is 5.13 Å². The molecule has 2 aromatic heterocycles. The highest BCUT2D eigenvalue weighted by Crippen LogP contribution is 2.30.